The van der Waals surface area contributed by atoms with E-state index in [2.05, 4.69) is 16.7 Å². The summed E-state index contributed by atoms with van der Waals surface area (Å²) in [5.41, 5.74) is 1.54. The third kappa shape index (κ3) is 4.20. The van der Waals surface area contributed by atoms with E-state index in [0.717, 1.165) is 31.2 Å². The van der Waals surface area contributed by atoms with Crippen LogP contribution >= 0.6 is 0 Å². The third-order valence-electron chi connectivity index (χ3n) is 3.93. The van der Waals surface area contributed by atoms with Gasteiger partial charge in [-0.2, -0.15) is 5.26 Å². The van der Waals surface area contributed by atoms with Crippen LogP contribution in [0.2, 0.25) is 0 Å². The molecule has 1 aliphatic carbocycles. The van der Waals surface area contributed by atoms with Gasteiger partial charge in [-0.15, -0.1) is 0 Å². The van der Waals surface area contributed by atoms with Gasteiger partial charge in [0.2, 0.25) is 0 Å². The van der Waals surface area contributed by atoms with E-state index in [-0.39, 0.29) is 18.1 Å². The number of carbonyl (C=O) groups excluding carboxylic acids is 1. The van der Waals surface area contributed by atoms with E-state index in [4.69, 9.17) is 5.26 Å². The van der Waals surface area contributed by atoms with Gasteiger partial charge in [0.1, 0.15) is 0 Å². The molecule has 5 heteroatoms. The minimum Gasteiger partial charge on any atom is -0.391 e. The highest BCUT2D eigenvalue weighted by Gasteiger charge is 2.24. The van der Waals surface area contributed by atoms with Gasteiger partial charge < -0.3 is 15.7 Å². The van der Waals surface area contributed by atoms with Crippen molar-refractivity contribution in [1.82, 2.24) is 10.6 Å². The molecule has 1 saturated carbocycles. The van der Waals surface area contributed by atoms with Crippen LogP contribution in [0.3, 0.4) is 0 Å². The van der Waals surface area contributed by atoms with Crippen LogP contribution in [0.4, 0.5) is 4.79 Å². The number of aliphatic hydroxyl groups is 1. The Bertz CT molecular complexity index is 521. The van der Waals surface area contributed by atoms with Crippen LogP contribution in [0.1, 0.15) is 49.8 Å². The number of carbonyl (C=O) groups is 1. The van der Waals surface area contributed by atoms with Crippen LogP contribution in [0, 0.1) is 11.3 Å². The van der Waals surface area contributed by atoms with E-state index in [9.17, 15) is 9.90 Å². The van der Waals surface area contributed by atoms with Crippen LogP contribution in [-0.4, -0.2) is 23.3 Å². The Kier molecular flexibility index (Phi) is 5.18. The molecule has 3 unspecified atom stereocenters. The molecular weight excluding hydrogens is 266 g/mol. The lowest BCUT2D eigenvalue weighted by Crippen LogP contribution is -2.49. The number of nitrogens with zero attached hydrogens (tertiary/aromatic N) is 1. The molecule has 3 N–H and O–H groups in total. The van der Waals surface area contributed by atoms with E-state index >= 15 is 0 Å². The predicted octanol–water partition coefficient (Wildman–Crippen LogP) is 2.22. The maximum atomic E-state index is 12.0. The summed E-state index contributed by atoms with van der Waals surface area (Å²) in [6.45, 7) is 1.89. The van der Waals surface area contributed by atoms with Gasteiger partial charge in [0.25, 0.3) is 0 Å². The highest BCUT2D eigenvalue weighted by molar-refractivity contribution is 5.74. The van der Waals surface area contributed by atoms with Crippen LogP contribution in [0.25, 0.3) is 0 Å². The molecule has 21 heavy (non-hydrogen) atoms. The van der Waals surface area contributed by atoms with Gasteiger partial charge in [0, 0.05) is 0 Å². The van der Waals surface area contributed by atoms with Crippen molar-refractivity contribution in [3.63, 3.8) is 0 Å². The minimum atomic E-state index is -0.449. The van der Waals surface area contributed by atoms with Crippen molar-refractivity contribution < 1.29 is 9.90 Å². The van der Waals surface area contributed by atoms with Crippen molar-refractivity contribution >= 4 is 6.03 Å². The third-order valence-corrected chi connectivity index (χ3v) is 3.93. The number of nitriles is 1. The molecule has 0 radical (unpaired) electrons. The standard InChI is InChI=1S/C16H21N3O2/c1-11(13-8-6-12(10-17)7-9-13)18-16(21)19-14-4-2-3-5-15(14)20/h6-9,11,14-15,20H,2-5H2,1H3,(H2,18,19,21). The number of nitrogens with one attached hydrogen (secondary N) is 2. The molecule has 112 valence electrons. The molecule has 3 atom stereocenters. The molecule has 1 aromatic carbocycles. The molecule has 5 nitrogen and oxygen atoms in total. The predicted molar refractivity (Wildman–Crippen MR) is 79.5 cm³/mol. The number of amides is 2. The minimum absolute atomic E-state index is 0.154. The van der Waals surface area contributed by atoms with Crippen LogP contribution < -0.4 is 10.6 Å². The molecule has 0 spiro atoms. The Labute approximate surface area is 125 Å². The van der Waals surface area contributed by atoms with Gasteiger partial charge in [-0.1, -0.05) is 25.0 Å². The van der Waals surface area contributed by atoms with Gasteiger partial charge in [-0.3, -0.25) is 0 Å². The maximum Gasteiger partial charge on any atom is 0.315 e. The summed E-state index contributed by atoms with van der Waals surface area (Å²) in [6, 6.07) is 8.61. The van der Waals surface area contributed by atoms with Crippen molar-refractivity contribution in [3.05, 3.63) is 35.4 Å². The van der Waals surface area contributed by atoms with Crippen molar-refractivity contribution in [3.8, 4) is 6.07 Å². The lowest BCUT2D eigenvalue weighted by atomic mass is 9.93. The normalized spacial score (nSPS) is 22.9. The summed E-state index contributed by atoms with van der Waals surface area (Å²) in [7, 11) is 0. The summed E-state index contributed by atoms with van der Waals surface area (Å²) in [6.07, 6.45) is 3.17. The van der Waals surface area contributed by atoms with Crippen molar-refractivity contribution in [2.75, 3.05) is 0 Å². The van der Waals surface area contributed by atoms with E-state index in [1.165, 1.54) is 0 Å². The van der Waals surface area contributed by atoms with E-state index in [1.807, 2.05) is 19.1 Å². The summed E-state index contributed by atoms with van der Waals surface area (Å²) < 4.78 is 0. The number of urea groups is 1. The molecule has 0 heterocycles. The van der Waals surface area contributed by atoms with E-state index in [0.29, 0.717) is 5.56 Å². The fraction of sp³-hybridized carbons (Fsp3) is 0.500. The molecule has 1 aromatic rings. The molecule has 2 rings (SSSR count). The first-order valence-electron chi connectivity index (χ1n) is 7.35. The Morgan fingerprint density at radius 2 is 2.00 bits per heavy atom. The first-order valence-corrected chi connectivity index (χ1v) is 7.35. The number of aliphatic hydroxyl groups excluding tert-OH is 1. The zero-order valence-electron chi connectivity index (χ0n) is 12.2. The summed E-state index contributed by atoms with van der Waals surface area (Å²) in [5.74, 6) is 0. The number of rotatable bonds is 3. The zero-order chi connectivity index (χ0) is 15.2. The Morgan fingerprint density at radius 1 is 1.33 bits per heavy atom. The smallest absolute Gasteiger partial charge is 0.315 e. The van der Waals surface area contributed by atoms with Gasteiger partial charge in [-0.05, 0) is 37.5 Å². The van der Waals surface area contributed by atoms with Gasteiger partial charge in [-0.25, -0.2) is 4.79 Å². The topological polar surface area (TPSA) is 85.2 Å². The van der Waals surface area contributed by atoms with E-state index in [1.54, 1.807) is 12.1 Å². The first kappa shape index (κ1) is 15.3. The highest BCUT2D eigenvalue weighted by atomic mass is 16.3. The lowest BCUT2D eigenvalue weighted by Gasteiger charge is -2.29. The SMILES string of the molecule is CC(NC(=O)NC1CCCCC1O)c1ccc(C#N)cc1. The van der Waals surface area contributed by atoms with Crippen molar-refractivity contribution in [1.29, 1.82) is 5.26 Å². The molecule has 0 aromatic heterocycles. The number of hydrogen-bond acceptors (Lipinski definition) is 3. The average Bonchev–Trinajstić information content (AvgIpc) is 2.49. The Hall–Kier alpha value is -2.06. The lowest BCUT2D eigenvalue weighted by molar-refractivity contribution is 0.0941. The van der Waals surface area contributed by atoms with Crippen LogP contribution in [-0.2, 0) is 0 Å². The molecule has 0 saturated heterocycles. The maximum absolute atomic E-state index is 12.0. The second kappa shape index (κ2) is 7.09. The fourth-order valence-electron chi connectivity index (χ4n) is 2.62. The van der Waals surface area contributed by atoms with Crippen LogP contribution in [0.15, 0.2) is 24.3 Å². The fourth-order valence-corrected chi connectivity index (χ4v) is 2.62. The molecule has 1 fully saturated rings. The largest absolute Gasteiger partial charge is 0.391 e. The Balaban J connectivity index is 1.87. The van der Waals surface area contributed by atoms with Crippen molar-refractivity contribution in [2.24, 2.45) is 0 Å². The first-order chi connectivity index (χ1) is 10.1. The van der Waals surface area contributed by atoms with E-state index < -0.39 is 6.10 Å². The number of hydrogen-bond donors (Lipinski definition) is 3. The summed E-state index contributed by atoms with van der Waals surface area (Å²) in [4.78, 5) is 12.0. The molecule has 1 aliphatic rings. The zero-order valence-corrected chi connectivity index (χ0v) is 12.2. The summed E-state index contributed by atoms with van der Waals surface area (Å²) in [5, 5.41) is 24.3. The Morgan fingerprint density at radius 3 is 2.62 bits per heavy atom. The highest BCUT2D eigenvalue weighted by Crippen LogP contribution is 2.18. The average molecular weight is 287 g/mol. The molecular formula is C16H21N3O2. The molecule has 2 amide bonds. The van der Waals surface area contributed by atoms with Crippen LogP contribution in [0.5, 0.6) is 0 Å². The monoisotopic (exact) mass is 287 g/mol. The van der Waals surface area contributed by atoms with Gasteiger partial charge >= 0.3 is 6.03 Å². The number of benzene rings is 1. The van der Waals surface area contributed by atoms with Crippen molar-refractivity contribution in [2.45, 2.75) is 50.8 Å². The molecule has 0 aliphatic heterocycles. The van der Waals surface area contributed by atoms with Gasteiger partial charge in [0.15, 0.2) is 0 Å². The van der Waals surface area contributed by atoms with Gasteiger partial charge in [0.05, 0.1) is 29.8 Å². The second-order valence-electron chi connectivity index (χ2n) is 5.53. The quantitative estimate of drug-likeness (QED) is 0.797. The molecule has 0 bridgehead atoms. The summed E-state index contributed by atoms with van der Waals surface area (Å²) >= 11 is 0. The second-order valence-corrected chi connectivity index (χ2v) is 5.53.